The number of pyridine rings is 1. The first kappa shape index (κ1) is 22.4. The van der Waals surface area contributed by atoms with E-state index >= 15 is 0 Å². The number of benzene rings is 1. The largest absolute Gasteiger partial charge is 0.473 e. The molecular weight excluding hydrogens is 366 g/mol. The summed E-state index contributed by atoms with van der Waals surface area (Å²) in [5.74, 6) is 0.516. The van der Waals surface area contributed by atoms with E-state index in [4.69, 9.17) is 4.74 Å². The van der Waals surface area contributed by atoms with Crippen LogP contribution in [0.25, 0.3) is 0 Å². The molecular formula is C23H31N3O3. The van der Waals surface area contributed by atoms with Crippen molar-refractivity contribution in [2.24, 2.45) is 0 Å². The van der Waals surface area contributed by atoms with E-state index < -0.39 is 0 Å². The summed E-state index contributed by atoms with van der Waals surface area (Å²) in [5.41, 5.74) is 1.68. The highest BCUT2D eigenvalue weighted by Gasteiger charge is 2.12. The average molecular weight is 398 g/mol. The number of amides is 2. The average Bonchev–Trinajstić information content (AvgIpc) is 2.74. The quantitative estimate of drug-likeness (QED) is 0.575. The van der Waals surface area contributed by atoms with Crippen LogP contribution in [-0.2, 0) is 16.2 Å². The molecule has 2 aromatic rings. The van der Waals surface area contributed by atoms with Crippen LogP contribution < -0.4 is 10.1 Å². The fraction of sp³-hybridized carbons (Fsp3) is 0.435. The molecule has 156 valence electrons. The molecule has 0 unspecified atom stereocenters. The zero-order valence-electron chi connectivity index (χ0n) is 17.4. The number of hydrogen-bond acceptors (Lipinski definition) is 4. The number of carbonyl (C=O) groups excluding carboxylic acids is 2. The molecule has 2 amide bonds. The normalized spacial score (nSPS) is 10.4. The predicted octanol–water partition coefficient (Wildman–Crippen LogP) is 4.42. The molecule has 0 fully saturated rings. The van der Waals surface area contributed by atoms with Crippen molar-refractivity contribution in [1.29, 1.82) is 0 Å². The standard InChI is InChI=1S/C23H31N3O3/c1-3-15-26(16-4-2)23(28)12-8-11-21(27)25-20-13-14-22(24-17-20)29-18-19-9-6-5-7-10-19/h5-7,9-10,13-14,17H,3-4,8,11-12,15-16,18H2,1-2H3,(H,25,27). The second kappa shape index (κ2) is 12.5. The second-order valence-electron chi connectivity index (χ2n) is 6.94. The maximum absolute atomic E-state index is 12.2. The van der Waals surface area contributed by atoms with Gasteiger partial charge in [0, 0.05) is 32.0 Å². The van der Waals surface area contributed by atoms with Gasteiger partial charge >= 0.3 is 0 Å². The van der Waals surface area contributed by atoms with Gasteiger partial charge in [-0.3, -0.25) is 9.59 Å². The fourth-order valence-corrected chi connectivity index (χ4v) is 2.95. The minimum atomic E-state index is -0.116. The number of anilines is 1. The van der Waals surface area contributed by atoms with Crippen molar-refractivity contribution in [3.63, 3.8) is 0 Å². The highest BCUT2D eigenvalue weighted by atomic mass is 16.5. The van der Waals surface area contributed by atoms with E-state index in [1.807, 2.05) is 35.2 Å². The van der Waals surface area contributed by atoms with Crippen LogP contribution in [0, 0.1) is 0 Å². The Morgan fingerprint density at radius 1 is 1.00 bits per heavy atom. The summed E-state index contributed by atoms with van der Waals surface area (Å²) in [6.45, 7) is 6.14. The van der Waals surface area contributed by atoms with E-state index in [1.165, 1.54) is 0 Å². The van der Waals surface area contributed by atoms with Gasteiger partial charge in [-0.15, -0.1) is 0 Å². The highest BCUT2D eigenvalue weighted by Crippen LogP contribution is 2.14. The van der Waals surface area contributed by atoms with Crippen molar-refractivity contribution in [1.82, 2.24) is 9.88 Å². The van der Waals surface area contributed by atoms with Gasteiger partial charge in [-0.2, -0.15) is 0 Å². The zero-order valence-corrected chi connectivity index (χ0v) is 17.4. The van der Waals surface area contributed by atoms with Crippen molar-refractivity contribution < 1.29 is 14.3 Å². The van der Waals surface area contributed by atoms with E-state index in [1.54, 1.807) is 18.3 Å². The predicted molar refractivity (Wildman–Crippen MR) is 115 cm³/mol. The summed E-state index contributed by atoms with van der Waals surface area (Å²) < 4.78 is 5.64. The van der Waals surface area contributed by atoms with Gasteiger partial charge in [-0.1, -0.05) is 44.2 Å². The molecule has 6 nitrogen and oxygen atoms in total. The Bertz CT molecular complexity index is 742. The van der Waals surface area contributed by atoms with Crippen LogP contribution in [-0.4, -0.2) is 34.8 Å². The molecule has 1 N–H and O–H groups in total. The van der Waals surface area contributed by atoms with E-state index in [9.17, 15) is 9.59 Å². The van der Waals surface area contributed by atoms with Gasteiger partial charge in [0.05, 0.1) is 11.9 Å². The molecule has 1 aromatic heterocycles. The highest BCUT2D eigenvalue weighted by molar-refractivity contribution is 5.90. The smallest absolute Gasteiger partial charge is 0.224 e. The molecule has 0 bridgehead atoms. The Kier molecular flexibility index (Phi) is 9.69. The molecule has 29 heavy (non-hydrogen) atoms. The Morgan fingerprint density at radius 3 is 2.34 bits per heavy atom. The lowest BCUT2D eigenvalue weighted by atomic mass is 10.2. The molecule has 0 radical (unpaired) electrons. The van der Waals surface area contributed by atoms with Crippen LogP contribution in [0.1, 0.15) is 51.5 Å². The van der Waals surface area contributed by atoms with Gasteiger partial charge in [0.2, 0.25) is 17.7 Å². The van der Waals surface area contributed by atoms with Gasteiger partial charge in [0.25, 0.3) is 0 Å². The van der Waals surface area contributed by atoms with E-state index in [0.717, 1.165) is 31.5 Å². The lowest BCUT2D eigenvalue weighted by molar-refractivity contribution is -0.131. The van der Waals surface area contributed by atoms with Crippen LogP contribution in [0.2, 0.25) is 0 Å². The van der Waals surface area contributed by atoms with Crippen molar-refractivity contribution >= 4 is 17.5 Å². The number of nitrogens with zero attached hydrogens (tertiary/aromatic N) is 2. The van der Waals surface area contributed by atoms with Crippen molar-refractivity contribution in [3.05, 3.63) is 54.2 Å². The lowest BCUT2D eigenvalue weighted by Crippen LogP contribution is -2.32. The topological polar surface area (TPSA) is 71.5 Å². The van der Waals surface area contributed by atoms with Crippen LogP contribution in [0.4, 0.5) is 5.69 Å². The monoisotopic (exact) mass is 397 g/mol. The van der Waals surface area contributed by atoms with Crippen LogP contribution >= 0.6 is 0 Å². The lowest BCUT2D eigenvalue weighted by Gasteiger charge is -2.21. The van der Waals surface area contributed by atoms with Gasteiger partial charge in [0.1, 0.15) is 6.61 Å². The maximum atomic E-state index is 12.2. The van der Waals surface area contributed by atoms with Crippen molar-refractivity contribution in [2.75, 3.05) is 18.4 Å². The second-order valence-corrected chi connectivity index (χ2v) is 6.94. The summed E-state index contributed by atoms with van der Waals surface area (Å²) in [5, 5.41) is 2.81. The number of ether oxygens (including phenoxy) is 1. The molecule has 1 heterocycles. The summed E-state index contributed by atoms with van der Waals surface area (Å²) in [6.07, 6.45) is 4.73. The number of nitrogens with one attached hydrogen (secondary N) is 1. The first-order chi connectivity index (χ1) is 14.1. The molecule has 0 aliphatic heterocycles. The van der Waals surface area contributed by atoms with Gasteiger partial charge < -0.3 is 15.0 Å². The van der Waals surface area contributed by atoms with Crippen molar-refractivity contribution in [2.45, 2.75) is 52.6 Å². The summed E-state index contributed by atoms with van der Waals surface area (Å²) in [6, 6.07) is 13.4. The van der Waals surface area contributed by atoms with Crippen molar-refractivity contribution in [3.8, 4) is 5.88 Å². The van der Waals surface area contributed by atoms with Gasteiger partial charge in [-0.25, -0.2) is 4.98 Å². The molecule has 0 aliphatic carbocycles. The Labute approximate surface area is 173 Å². The molecule has 0 aliphatic rings. The van der Waals surface area contributed by atoms with E-state index in [2.05, 4.69) is 24.1 Å². The maximum Gasteiger partial charge on any atom is 0.224 e. The Hall–Kier alpha value is -2.89. The third kappa shape index (κ3) is 8.34. The van der Waals surface area contributed by atoms with Gasteiger partial charge in [0.15, 0.2) is 0 Å². The SMILES string of the molecule is CCCN(CCC)C(=O)CCCC(=O)Nc1ccc(OCc2ccccc2)nc1. The summed E-state index contributed by atoms with van der Waals surface area (Å²) in [7, 11) is 0. The number of aromatic nitrogens is 1. The third-order valence-corrected chi connectivity index (χ3v) is 4.38. The molecule has 6 heteroatoms. The van der Waals surface area contributed by atoms with Gasteiger partial charge in [-0.05, 0) is 30.9 Å². The molecule has 0 atom stereocenters. The van der Waals surface area contributed by atoms with Crippen LogP contribution in [0.3, 0.4) is 0 Å². The van der Waals surface area contributed by atoms with Crippen LogP contribution in [0.15, 0.2) is 48.7 Å². The number of hydrogen-bond donors (Lipinski definition) is 1. The van der Waals surface area contributed by atoms with Crippen LogP contribution in [0.5, 0.6) is 5.88 Å². The summed E-state index contributed by atoms with van der Waals surface area (Å²) >= 11 is 0. The van der Waals surface area contributed by atoms with E-state index in [0.29, 0.717) is 37.4 Å². The molecule has 0 saturated heterocycles. The molecule has 0 spiro atoms. The molecule has 1 aromatic carbocycles. The first-order valence-corrected chi connectivity index (χ1v) is 10.3. The third-order valence-electron chi connectivity index (χ3n) is 4.38. The number of rotatable bonds is 12. The van der Waals surface area contributed by atoms with E-state index in [-0.39, 0.29) is 11.8 Å². The minimum absolute atomic E-state index is 0.116. The minimum Gasteiger partial charge on any atom is -0.473 e. The Balaban J connectivity index is 1.71. The zero-order chi connectivity index (χ0) is 20.9. The molecule has 0 saturated carbocycles. The first-order valence-electron chi connectivity index (χ1n) is 10.3. The molecule has 2 rings (SSSR count). The summed E-state index contributed by atoms with van der Waals surface area (Å²) in [4.78, 5) is 30.5. The fourth-order valence-electron chi connectivity index (χ4n) is 2.95. The number of carbonyl (C=O) groups is 2. The Morgan fingerprint density at radius 2 is 1.72 bits per heavy atom.